The maximum absolute atomic E-state index is 13.1. The number of carbonyl (C=O) groups excluding carboxylic acids is 2. The molecule has 2 aromatic rings. The fourth-order valence-corrected chi connectivity index (χ4v) is 3.75. The van der Waals surface area contributed by atoms with Crippen molar-refractivity contribution >= 4 is 35.9 Å². The number of pyridine rings is 1. The van der Waals surface area contributed by atoms with Crippen molar-refractivity contribution in [3.8, 4) is 0 Å². The van der Waals surface area contributed by atoms with Gasteiger partial charge in [0.2, 0.25) is 0 Å². The van der Waals surface area contributed by atoms with Gasteiger partial charge in [-0.1, -0.05) is 0 Å². The molecule has 2 N–H and O–H groups in total. The van der Waals surface area contributed by atoms with Crippen molar-refractivity contribution < 1.29 is 9.59 Å². The number of carbonyl (C=O) groups is 2. The van der Waals surface area contributed by atoms with Gasteiger partial charge in [0.15, 0.2) is 0 Å². The van der Waals surface area contributed by atoms with Crippen LogP contribution in [0.15, 0.2) is 30.2 Å². The molecule has 2 aromatic heterocycles. The Hall–Kier alpha value is -2.90. The van der Waals surface area contributed by atoms with Gasteiger partial charge in [-0.2, -0.15) is 0 Å². The molecule has 0 saturated carbocycles. The summed E-state index contributed by atoms with van der Waals surface area (Å²) < 4.78 is 0. The van der Waals surface area contributed by atoms with Gasteiger partial charge in [-0.3, -0.25) is 0 Å². The molecule has 144 valence electrons. The van der Waals surface area contributed by atoms with Crippen molar-refractivity contribution in [3.63, 3.8) is 0 Å². The summed E-state index contributed by atoms with van der Waals surface area (Å²) >= 11 is 0. The summed E-state index contributed by atoms with van der Waals surface area (Å²) in [5, 5.41) is 5.83. The number of amides is 3. The zero-order chi connectivity index (χ0) is 19.8. The number of aromatic nitrogens is 1. The molecule has 0 aromatic carbocycles. The Morgan fingerprint density at radius 2 is 2.07 bits per heavy atom. The number of fused-ring (bicyclic) bond motifs is 4. The van der Waals surface area contributed by atoms with E-state index in [1.54, 1.807) is 11.0 Å². The molecule has 0 spiro atoms. The molecule has 1 fully saturated rings. The number of aryl methyl sites for hydroxylation is 1. The quantitative estimate of drug-likeness (QED) is 0.862. The third-order valence-electron chi connectivity index (χ3n) is 5.13. The van der Waals surface area contributed by atoms with Gasteiger partial charge in [0.1, 0.15) is 0 Å². The van der Waals surface area contributed by atoms with Crippen LogP contribution in [0.4, 0.5) is 21.9 Å². The van der Waals surface area contributed by atoms with Crippen LogP contribution in [0.25, 0.3) is 0 Å². The molecule has 2 aliphatic heterocycles. The van der Waals surface area contributed by atoms with E-state index in [9.17, 15) is 9.59 Å². The van der Waals surface area contributed by atoms with E-state index >= 15 is 0 Å². The van der Waals surface area contributed by atoms with Gasteiger partial charge in [-0.25, -0.2) is 0 Å². The first-order valence-corrected chi connectivity index (χ1v) is 9.66. The molecular weight excluding hydrogens is 353 g/mol. The Morgan fingerprint density at radius 3 is 2.79 bits per heavy atom. The van der Waals surface area contributed by atoms with Crippen LogP contribution in [0, 0.1) is 6.92 Å². The number of hydrogen-bond acceptors (Lipinski definition) is 4. The Morgan fingerprint density at radius 1 is 1.25 bits per heavy atom. The van der Waals surface area contributed by atoms with E-state index in [-0.39, 0.29) is 24.0 Å². The van der Waals surface area contributed by atoms with Crippen LogP contribution < -0.4 is 20.4 Å². The van der Waals surface area contributed by atoms with Gasteiger partial charge in [-0.05, 0) is 0 Å². The molecule has 4 heterocycles. The maximum atomic E-state index is 13.1. The fourth-order valence-electron chi connectivity index (χ4n) is 3.75. The van der Waals surface area contributed by atoms with Gasteiger partial charge in [0, 0.05) is 0 Å². The van der Waals surface area contributed by atoms with E-state index in [0.29, 0.717) is 11.5 Å². The van der Waals surface area contributed by atoms with Crippen LogP contribution in [-0.2, 0) is 0 Å². The summed E-state index contributed by atoms with van der Waals surface area (Å²) in [5.74, 6) is 2.28. The Labute approximate surface area is 165 Å². The molecule has 1 saturated heterocycles. The zero-order valence-electron chi connectivity index (χ0n) is 16.4. The van der Waals surface area contributed by atoms with Crippen molar-refractivity contribution in [2.75, 3.05) is 28.2 Å². The molecule has 28 heavy (non-hydrogen) atoms. The SMILES string of the molecule is Cc1cbc(NC(=O)N2c3nc(C(=O)NC(C)C)ccc3N3CC[C@H]2C3)cc1. The first-order chi connectivity index (χ1) is 13.4. The summed E-state index contributed by atoms with van der Waals surface area (Å²) in [5.41, 5.74) is 3.10. The minimum atomic E-state index is -0.232. The normalized spacial score (nSPS) is 17.4. The predicted octanol–water partition coefficient (Wildman–Crippen LogP) is 2.50. The molecule has 8 heteroatoms. The van der Waals surface area contributed by atoms with Crippen molar-refractivity contribution in [1.29, 1.82) is 0 Å². The molecule has 0 radical (unpaired) electrons. The summed E-state index contributed by atoms with van der Waals surface area (Å²) in [4.78, 5) is 34.0. The summed E-state index contributed by atoms with van der Waals surface area (Å²) in [7, 11) is 0. The zero-order valence-corrected chi connectivity index (χ0v) is 16.4. The van der Waals surface area contributed by atoms with Gasteiger partial charge in [-0.15, -0.1) is 0 Å². The second kappa shape index (κ2) is 7.26. The summed E-state index contributed by atoms with van der Waals surface area (Å²) in [6.45, 7) is 9.37. The molecular formula is C20H24BN5O2. The summed E-state index contributed by atoms with van der Waals surface area (Å²) in [6.07, 6.45) is 0.880. The molecule has 2 bridgehead atoms. The van der Waals surface area contributed by atoms with Crippen molar-refractivity contribution in [1.82, 2.24) is 10.3 Å². The van der Waals surface area contributed by atoms with E-state index in [0.717, 1.165) is 36.3 Å². The van der Waals surface area contributed by atoms with Gasteiger partial charge >= 0.3 is 165 Å². The third kappa shape index (κ3) is 3.46. The van der Waals surface area contributed by atoms with E-state index in [1.807, 2.05) is 51.8 Å². The van der Waals surface area contributed by atoms with Crippen LogP contribution in [0.2, 0.25) is 0 Å². The van der Waals surface area contributed by atoms with Crippen LogP contribution in [0.1, 0.15) is 36.3 Å². The number of nitrogens with zero attached hydrogens (tertiary/aromatic N) is 3. The Bertz CT molecular complexity index is 915. The van der Waals surface area contributed by atoms with Crippen molar-refractivity contribution in [3.05, 3.63) is 41.5 Å². The molecule has 1 atom stereocenters. The predicted molar refractivity (Wildman–Crippen MR) is 111 cm³/mol. The van der Waals surface area contributed by atoms with Crippen LogP contribution in [0.3, 0.4) is 0 Å². The first kappa shape index (κ1) is 18.5. The topological polar surface area (TPSA) is 77.6 Å². The van der Waals surface area contributed by atoms with E-state index < -0.39 is 0 Å². The van der Waals surface area contributed by atoms with E-state index in [1.165, 1.54) is 0 Å². The fraction of sp³-hybridized carbons (Fsp3) is 0.400. The second-order valence-corrected chi connectivity index (χ2v) is 7.72. The van der Waals surface area contributed by atoms with Gasteiger partial charge in [0.25, 0.3) is 0 Å². The summed E-state index contributed by atoms with van der Waals surface area (Å²) in [6, 6.07) is 7.32. The second-order valence-electron chi connectivity index (χ2n) is 7.72. The molecule has 2 aliphatic rings. The first-order valence-electron chi connectivity index (χ1n) is 9.66. The number of hydrogen-bond donors (Lipinski definition) is 2. The van der Waals surface area contributed by atoms with Crippen molar-refractivity contribution in [2.24, 2.45) is 0 Å². The van der Waals surface area contributed by atoms with Crippen LogP contribution >= 0.6 is 0 Å². The van der Waals surface area contributed by atoms with E-state index in [2.05, 4.69) is 20.5 Å². The number of rotatable bonds is 3. The third-order valence-corrected chi connectivity index (χ3v) is 5.13. The van der Waals surface area contributed by atoms with Crippen LogP contribution in [0.5, 0.6) is 0 Å². The van der Waals surface area contributed by atoms with E-state index in [4.69, 9.17) is 0 Å². The average Bonchev–Trinajstić information content (AvgIpc) is 3.07. The molecule has 3 amide bonds. The number of anilines is 3. The number of urea groups is 1. The van der Waals surface area contributed by atoms with Gasteiger partial charge in [0.05, 0.1) is 0 Å². The van der Waals surface area contributed by atoms with Crippen molar-refractivity contribution in [2.45, 2.75) is 39.3 Å². The molecule has 0 unspecified atom stereocenters. The van der Waals surface area contributed by atoms with Gasteiger partial charge < -0.3 is 0 Å². The number of nitrogens with one attached hydrogen (secondary N) is 2. The average molecular weight is 377 g/mol. The van der Waals surface area contributed by atoms with Crippen LogP contribution in [-0.4, -0.2) is 49.0 Å². The molecule has 4 rings (SSSR count). The monoisotopic (exact) mass is 377 g/mol. The standard InChI is InChI=1S/C20H24BN5O2/c1-12(2)22-19(27)15-5-6-16-18(23-15)26(14-8-9-25(16)11-14)20(28)24-17-7-4-13(3)10-21-17/h4-7,10,12,14H,8-9,11H2,1-3H3,(H,22,27)(H,24,28)/t14-/m0/s1. The Kier molecular flexibility index (Phi) is 4.79. The Balaban J connectivity index is 1.65. The molecule has 7 nitrogen and oxygen atoms in total. The molecule has 0 aliphatic carbocycles. The minimum absolute atomic E-state index is 0.0196.